The van der Waals surface area contributed by atoms with E-state index in [0.29, 0.717) is 15.9 Å². The third-order valence-corrected chi connectivity index (χ3v) is 3.47. The molecule has 0 saturated carbocycles. The Morgan fingerprint density at radius 1 is 1.67 bits per heavy atom. The first-order valence-corrected chi connectivity index (χ1v) is 5.75. The molecule has 0 atom stereocenters. The predicted octanol–water partition coefficient (Wildman–Crippen LogP) is 2.85. The number of nitro groups is 1. The highest BCUT2D eigenvalue weighted by Crippen LogP contribution is 2.30. The Hall–Kier alpha value is -1.09. The standard InChI is InChI=1S/C8H4IN3O2S/c1-2-4-5(12(13)14)3-10-7-6(4)11-8(9)15-7/h2-3H,1H2. The molecule has 0 fully saturated rings. The first-order chi connectivity index (χ1) is 7.13. The second kappa shape index (κ2) is 3.81. The van der Waals surface area contributed by atoms with Crippen LogP contribution >= 0.6 is 33.9 Å². The fourth-order valence-electron chi connectivity index (χ4n) is 1.21. The molecule has 0 aromatic carbocycles. The van der Waals surface area contributed by atoms with Crippen molar-refractivity contribution in [2.45, 2.75) is 0 Å². The van der Waals surface area contributed by atoms with Crippen molar-refractivity contribution >= 4 is 56.0 Å². The Morgan fingerprint density at radius 2 is 2.40 bits per heavy atom. The van der Waals surface area contributed by atoms with Crippen molar-refractivity contribution in [1.29, 1.82) is 0 Å². The number of halogens is 1. The zero-order valence-electron chi connectivity index (χ0n) is 7.31. The van der Waals surface area contributed by atoms with Crippen LogP contribution in [0, 0.1) is 13.1 Å². The fraction of sp³-hybridized carbons (Fsp3) is 0. The lowest BCUT2D eigenvalue weighted by Crippen LogP contribution is -1.93. The quantitative estimate of drug-likeness (QED) is 0.481. The molecule has 15 heavy (non-hydrogen) atoms. The highest BCUT2D eigenvalue weighted by Gasteiger charge is 2.18. The number of nitrogens with zero attached hydrogens (tertiary/aromatic N) is 3. The van der Waals surface area contributed by atoms with E-state index in [1.165, 1.54) is 23.6 Å². The summed E-state index contributed by atoms with van der Waals surface area (Å²) in [5.74, 6) is 0. The average molecular weight is 333 g/mol. The van der Waals surface area contributed by atoms with E-state index in [0.717, 1.165) is 3.01 Å². The largest absolute Gasteiger partial charge is 0.296 e. The normalized spacial score (nSPS) is 10.5. The Labute approximate surface area is 102 Å². The Kier molecular flexibility index (Phi) is 2.65. The molecule has 0 amide bonds. The number of rotatable bonds is 2. The molecule has 2 aromatic heterocycles. The van der Waals surface area contributed by atoms with Gasteiger partial charge >= 0.3 is 0 Å². The summed E-state index contributed by atoms with van der Waals surface area (Å²) in [4.78, 5) is 19.1. The number of fused-ring (bicyclic) bond motifs is 1. The van der Waals surface area contributed by atoms with E-state index in [4.69, 9.17) is 0 Å². The van der Waals surface area contributed by atoms with E-state index < -0.39 is 4.92 Å². The van der Waals surface area contributed by atoms with Gasteiger partial charge in [0.1, 0.15) is 16.5 Å². The molecule has 2 heterocycles. The Balaban J connectivity index is 2.86. The second-order valence-electron chi connectivity index (χ2n) is 2.64. The van der Waals surface area contributed by atoms with E-state index in [1.807, 2.05) is 0 Å². The van der Waals surface area contributed by atoms with Crippen LogP contribution < -0.4 is 0 Å². The summed E-state index contributed by atoms with van der Waals surface area (Å²) in [5, 5.41) is 10.7. The van der Waals surface area contributed by atoms with Crippen LogP contribution in [0.25, 0.3) is 16.4 Å². The molecule has 0 unspecified atom stereocenters. The predicted molar refractivity (Wildman–Crippen MR) is 66.9 cm³/mol. The molecule has 0 radical (unpaired) electrons. The van der Waals surface area contributed by atoms with Crippen molar-refractivity contribution in [2.75, 3.05) is 0 Å². The molecule has 0 bridgehead atoms. The third kappa shape index (κ3) is 1.72. The molecule has 0 aliphatic rings. The van der Waals surface area contributed by atoms with Crippen LogP contribution in [0.2, 0.25) is 0 Å². The third-order valence-electron chi connectivity index (χ3n) is 1.82. The molecule has 2 aromatic rings. The summed E-state index contributed by atoms with van der Waals surface area (Å²) in [5.41, 5.74) is 0.928. The van der Waals surface area contributed by atoms with Crippen LogP contribution in [0.1, 0.15) is 5.56 Å². The van der Waals surface area contributed by atoms with Gasteiger partial charge in [-0.25, -0.2) is 9.97 Å². The molecule has 7 heteroatoms. The number of hydrogen-bond donors (Lipinski definition) is 0. The van der Waals surface area contributed by atoms with Crippen LogP contribution in [0.3, 0.4) is 0 Å². The summed E-state index contributed by atoms with van der Waals surface area (Å²) in [6.45, 7) is 3.56. The smallest absolute Gasteiger partial charge is 0.258 e. The summed E-state index contributed by atoms with van der Waals surface area (Å²) in [6.07, 6.45) is 2.69. The molecule has 76 valence electrons. The van der Waals surface area contributed by atoms with Gasteiger partial charge in [0.05, 0.1) is 10.5 Å². The molecule has 5 nitrogen and oxygen atoms in total. The maximum atomic E-state index is 10.7. The summed E-state index contributed by atoms with van der Waals surface area (Å²) >= 11 is 3.45. The zero-order chi connectivity index (χ0) is 11.0. The van der Waals surface area contributed by atoms with E-state index in [2.05, 4.69) is 39.1 Å². The van der Waals surface area contributed by atoms with Gasteiger partial charge < -0.3 is 0 Å². The Morgan fingerprint density at radius 3 is 3.00 bits per heavy atom. The lowest BCUT2D eigenvalue weighted by atomic mass is 10.2. The molecule has 2 rings (SSSR count). The van der Waals surface area contributed by atoms with Gasteiger partial charge in [-0.05, 0) is 22.6 Å². The topological polar surface area (TPSA) is 68.9 Å². The number of pyridine rings is 1. The maximum absolute atomic E-state index is 10.7. The van der Waals surface area contributed by atoms with Crippen LogP contribution in [0.5, 0.6) is 0 Å². The Bertz CT molecular complexity index is 566. The number of aromatic nitrogens is 2. The minimum absolute atomic E-state index is 0.0563. The van der Waals surface area contributed by atoms with Gasteiger partial charge in [0.15, 0.2) is 3.01 Å². The van der Waals surface area contributed by atoms with Gasteiger partial charge in [-0.2, -0.15) is 0 Å². The molecular formula is C8H4IN3O2S. The van der Waals surface area contributed by atoms with Crippen molar-refractivity contribution in [1.82, 2.24) is 9.97 Å². The van der Waals surface area contributed by atoms with Crippen molar-refractivity contribution < 1.29 is 4.92 Å². The highest BCUT2D eigenvalue weighted by molar-refractivity contribution is 14.1. The minimum atomic E-state index is -0.477. The lowest BCUT2D eigenvalue weighted by molar-refractivity contribution is -0.385. The molecule has 0 aliphatic carbocycles. The SMILES string of the molecule is C=Cc1c([N+](=O)[O-])cnc2sc(I)nc12. The molecular weight excluding hydrogens is 329 g/mol. The van der Waals surface area contributed by atoms with Gasteiger partial charge in [-0.1, -0.05) is 24.0 Å². The van der Waals surface area contributed by atoms with Crippen LogP contribution in [-0.4, -0.2) is 14.9 Å². The van der Waals surface area contributed by atoms with Gasteiger partial charge in [-0.3, -0.25) is 10.1 Å². The number of hydrogen-bond acceptors (Lipinski definition) is 5. The minimum Gasteiger partial charge on any atom is -0.258 e. The van der Waals surface area contributed by atoms with E-state index in [9.17, 15) is 10.1 Å². The van der Waals surface area contributed by atoms with Gasteiger partial charge in [0, 0.05) is 0 Å². The van der Waals surface area contributed by atoms with Crippen LogP contribution in [0.4, 0.5) is 5.69 Å². The van der Waals surface area contributed by atoms with Gasteiger partial charge in [0.2, 0.25) is 0 Å². The lowest BCUT2D eigenvalue weighted by Gasteiger charge is -1.96. The summed E-state index contributed by atoms with van der Waals surface area (Å²) < 4.78 is 0.804. The van der Waals surface area contributed by atoms with Crippen molar-refractivity contribution in [3.05, 3.63) is 31.5 Å². The molecule has 0 aliphatic heterocycles. The monoisotopic (exact) mass is 333 g/mol. The van der Waals surface area contributed by atoms with Crippen molar-refractivity contribution in [2.24, 2.45) is 0 Å². The first-order valence-electron chi connectivity index (χ1n) is 3.85. The first kappa shape index (κ1) is 10.4. The summed E-state index contributed by atoms with van der Waals surface area (Å²) in [7, 11) is 0. The van der Waals surface area contributed by atoms with Crippen LogP contribution in [-0.2, 0) is 0 Å². The van der Waals surface area contributed by atoms with E-state index >= 15 is 0 Å². The fourth-order valence-corrected chi connectivity index (χ4v) is 2.73. The zero-order valence-corrected chi connectivity index (χ0v) is 10.3. The van der Waals surface area contributed by atoms with Crippen LogP contribution in [0.15, 0.2) is 12.8 Å². The highest BCUT2D eigenvalue weighted by atomic mass is 127. The number of thiazole rings is 1. The summed E-state index contributed by atoms with van der Waals surface area (Å²) in [6, 6.07) is 0. The molecule has 0 N–H and O–H groups in total. The average Bonchev–Trinajstić information content (AvgIpc) is 2.55. The van der Waals surface area contributed by atoms with Crippen molar-refractivity contribution in [3.63, 3.8) is 0 Å². The van der Waals surface area contributed by atoms with E-state index in [1.54, 1.807) is 0 Å². The maximum Gasteiger partial charge on any atom is 0.296 e. The molecule has 0 saturated heterocycles. The van der Waals surface area contributed by atoms with Crippen molar-refractivity contribution in [3.8, 4) is 0 Å². The van der Waals surface area contributed by atoms with Gasteiger partial charge in [0.25, 0.3) is 5.69 Å². The van der Waals surface area contributed by atoms with E-state index in [-0.39, 0.29) is 5.69 Å². The van der Waals surface area contributed by atoms with Gasteiger partial charge in [-0.15, -0.1) is 0 Å². The second-order valence-corrected chi connectivity index (χ2v) is 5.37. The molecule has 0 spiro atoms.